The molecule has 270 valence electrons. The van der Waals surface area contributed by atoms with E-state index in [0.717, 1.165) is 32.6 Å². The van der Waals surface area contributed by atoms with Crippen LogP contribution in [-0.4, -0.2) is 66.7 Å². The molecule has 1 aliphatic heterocycles. The third-order valence-corrected chi connectivity index (χ3v) is 15.9. The summed E-state index contributed by atoms with van der Waals surface area (Å²) in [7, 11) is -1.50. The molecule has 8 heteroatoms. The molecule has 3 N–H and O–H groups in total. The molecule has 1 fully saturated rings. The Kier molecular flexibility index (Phi) is 11.1. The molecule has 4 atom stereocenters. The molecule has 0 spiro atoms. The fourth-order valence-electron chi connectivity index (χ4n) is 8.42. The van der Waals surface area contributed by atoms with Crippen LogP contribution in [0.25, 0.3) is 11.6 Å². The average Bonchev–Trinajstić information content (AvgIpc) is 3.36. The molecular weight excluding hydrogens is 667 g/mol. The maximum atomic E-state index is 13.5. The first kappa shape index (κ1) is 37.2. The number of aromatic hydroxyl groups is 1. The van der Waals surface area contributed by atoms with Gasteiger partial charge in [-0.2, -0.15) is 0 Å². The second kappa shape index (κ2) is 15.6. The van der Waals surface area contributed by atoms with Gasteiger partial charge in [-0.15, -0.1) is 0 Å². The lowest BCUT2D eigenvalue weighted by Crippen LogP contribution is -2.66. The summed E-state index contributed by atoms with van der Waals surface area (Å²) in [6.07, 6.45) is 2.06. The number of carbonyl (C=O) groups excluding carboxylic acids is 2. The smallest absolute Gasteiger partial charge is 0.261 e. The summed E-state index contributed by atoms with van der Waals surface area (Å²) in [4.78, 5) is 28.2. The molecule has 7 nitrogen and oxygen atoms in total. The van der Waals surface area contributed by atoms with Crippen molar-refractivity contribution in [1.82, 2.24) is 4.90 Å². The number of likely N-dealkylation sites (tertiary alicyclic amines) is 1. The highest BCUT2D eigenvalue weighted by Gasteiger charge is 2.55. The highest BCUT2D eigenvalue weighted by atomic mass is 28.4. The van der Waals surface area contributed by atoms with Crippen molar-refractivity contribution in [2.24, 2.45) is 17.8 Å². The molecule has 52 heavy (non-hydrogen) atoms. The van der Waals surface area contributed by atoms with Crippen LogP contribution in [-0.2, 0) is 14.0 Å². The van der Waals surface area contributed by atoms with Gasteiger partial charge in [0.1, 0.15) is 5.75 Å². The zero-order valence-electron chi connectivity index (χ0n) is 30.4. The van der Waals surface area contributed by atoms with Gasteiger partial charge < -0.3 is 19.7 Å². The van der Waals surface area contributed by atoms with Crippen LogP contribution in [0.3, 0.4) is 0 Å². The van der Waals surface area contributed by atoms with E-state index in [1.165, 1.54) is 11.9 Å². The van der Waals surface area contributed by atoms with E-state index in [4.69, 9.17) is 4.43 Å². The number of benzene rings is 4. The molecule has 4 aromatic carbocycles. The number of hydrogen-bond acceptors (Lipinski definition) is 6. The molecule has 1 saturated heterocycles. The molecule has 0 aromatic heterocycles. The first-order valence-electron chi connectivity index (χ1n) is 18.1. The molecular formula is C44H49NO6Si. The van der Waals surface area contributed by atoms with E-state index in [9.17, 15) is 24.9 Å². The van der Waals surface area contributed by atoms with Crippen LogP contribution in [0.4, 0.5) is 0 Å². The number of amides is 2. The topological polar surface area (TPSA) is 107 Å². The maximum absolute atomic E-state index is 13.5. The fraction of sp³-hybridized carbons (Fsp3) is 0.318. The van der Waals surface area contributed by atoms with Crippen molar-refractivity contribution in [3.63, 3.8) is 0 Å². The van der Waals surface area contributed by atoms with Crippen LogP contribution < -0.4 is 10.4 Å². The van der Waals surface area contributed by atoms with E-state index >= 15 is 0 Å². The predicted molar refractivity (Wildman–Crippen MR) is 208 cm³/mol. The quantitative estimate of drug-likeness (QED) is 0.0700. The van der Waals surface area contributed by atoms with Crippen molar-refractivity contribution >= 4 is 42.2 Å². The highest BCUT2D eigenvalue weighted by Crippen LogP contribution is 2.47. The van der Waals surface area contributed by atoms with E-state index < -0.39 is 32.2 Å². The molecule has 1 aliphatic carbocycles. The van der Waals surface area contributed by atoms with Crippen molar-refractivity contribution in [1.29, 1.82) is 0 Å². The zero-order valence-corrected chi connectivity index (χ0v) is 31.4. The number of fused-ring (bicyclic) bond motifs is 1. The Balaban J connectivity index is 1.42. The van der Waals surface area contributed by atoms with Crippen LogP contribution in [0.15, 0.2) is 126 Å². The number of rotatable bonds is 12. The Morgan fingerprint density at radius 3 is 2.04 bits per heavy atom. The lowest BCUT2D eigenvalue weighted by molar-refractivity contribution is -0.138. The number of aliphatic hydroxyl groups excluding tert-OH is 2. The molecule has 0 saturated carbocycles. The zero-order chi connectivity index (χ0) is 37.0. The maximum Gasteiger partial charge on any atom is 0.261 e. The predicted octanol–water partition coefficient (Wildman–Crippen LogP) is 6.19. The van der Waals surface area contributed by atoms with Crippen LogP contribution in [0.2, 0.25) is 5.04 Å². The van der Waals surface area contributed by atoms with Gasteiger partial charge in [0.15, 0.2) is 0 Å². The number of nitrogens with zero attached hydrogens (tertiary/aromatic N) is 1. The van der Waals surface area contributed by atoms with Crippen LogP contribution in [0.5, 0.6) is 5.75 Å². The van der Waals surface area contributed by atoms with Gasteiger partial charge in [0, 0.05) is 13.0 Å². The summed E-state index contributed by atoms with van der Waals surface area (Å²) >= 11 is 0. The minimum absolute atomic E-state index is 0.148. The Labute approximate surface area is 308 Å². The SMILES string of the molecule is CN1C(=O)[C@@H]2[C@@H](CC(CO[Si](c3ccccc3)(c3ccccc3)C(C)(C)C)=C([C@H](O)CC/C(=C/c3cccc(O)c3)c3ccccc3)[C@@H]2CO)C1=O. The summed E-state index contributed by atoms with van der Waals surface area (Å²) in [5.41, 5.74) is 4.16. The number of imide groups is 1. The number of phenolic OH excluding ortho intramolecular Hbond substituents is 1. The highest BCUT2D eigenvalue weighted by molar-refractivity contribution is 6.99. The van der Waals surface area contributed by atoms with Gasteiger partial charge in [-0.05, 0) is 74.7 Å². The molecule has 0 bridgehead atoms. The second-order valence-electron chi connectivity index (χ2n) is 15.1. The van der Waals surface area contributed by atoms with E-state index in [-0.39, 0.29) is 42.2 Å². The summed E-state index contributed by atoms with van der Waals surface area (Å²) in [6.45, 7) is 6.38. The normalized spacial score (nSPS) is 20.3. The minimum atomic E-state index is -3.01. The Hall–Kier alpha value is -4.60. The third-order valence-electron chi connectivity index (χ3n) is 10.9. The average molecular weight is 716 g/mol. The molecule has 0 radical (unpaired) electrons. The summed E-state index contributed by atoms with van der Waals surface area (Å²) < 4.78 is 7.34. The van der Waals surface area contributed by atoms with Crippen LogP contribution >= 0.6 is 0 Å². The van der Waals surface area contributed by atoms with Gasteiger partial charge in [-0.1, -0.05) is 130 Å². The number of carbonyl (C=O) groups is 2. The van der Waals surface area contributed by atoms with E-state index in [0.29, 0.717) is 18.4 Å². The minimum Gasteiger partial charge on any atom is -0.508 e. The lowest BCUT2D eigenvalue weighted by Gasteiger charge is -2.44. The number of hydrogen-bond donors (Lipinski definition) is 3. The summed E-state index contributed by atoms with van der Waals surface area (Å²) in [6, 6.07) is 37.6. The number of aliphatic hydroxyl groups is 2. The standard InChI is InChI=1S/C44H49NO6Si/c1-44(2,3)52(35-19-10-6-11-20-35,36-21-12-7-13-22-36)51-29-33-27-37-41(43(50)45(4)42(37)49)38(28-46)40(33)39(48)24-23-32(31-16-8-5-9-17-31)25-30-15-14-18-34(47)26-30/h5-22,25-26,37-39,41,46-48H,23-24,27-29H2,1-4H3/b32-25-/t37-,38+,39-,41-/m1/s1. The Morgan fingerprint density at radius 1 is 0.885 bits per heavy atom. The second-order valence-corrected chi connectivity index (χ2v) is 19.4. The van der Waals surface area contributed by atoms with Gasteiger partial charge in [0.2, 0.25) is 11.8 Å². The number of phenols is 1. The van der Waals surface area contributed by atoms with E-state index in [1.807, 2.05) is 78.9 Å². The Bertz CT molecular complexity index is 1900. The Morgan fingerprint density at radius 2 is 1.48 bits per heavy atom. The largest absolute Gasteiger partial charge is 0.508 e. The molecule has 2 aliphatic rings. The summed E-state index contributed by atoms with van der Waals surface area (Å²) in [5.74, 6) is -2.53. The van der Waals surface area contributed by atoms with Crippen molar-refractivity contribution in [3.05, 3.63) is 138 Å². The molecule has 2 amide bonds. The first-order chi connectivity index (χ1) is 25.0. The van der Waals surface area contributed by atoms with E-state index in [2.05, 4.69) is 45.0 Å². The van der Waals surface area contributed by atoms with Crippen molar-refractivity contribution in [2.75, 3.05) is 20.3 Å². The van der Waals surface area contributed by atoms with Gasteiger partial charge in [-0.3, -0.25) is 14.5 Å². The van der Waals surface area contributed by atoms with Gasteiger partial charge >= 0.3 is 0 Å². The van der Waals surface area contributed by atoms with Crippen LogP contribution in [0, 0.1) is 17.8 Å². The van der Waals surface area contributed by atoms with Crippen molar-refractivity contribution in [3.8, 4) is 5.75 Å². The van der Waals surface area contributed by atoms with Crippen molar-refractivity contribution < 1.29 is 29.3 Å². The summed E-state index contributed by atoms with van der Waals surface area (Å²) in [5, 5.41) is 35.2. The molecule has 6 rings (SSSR count). The van der Waals surface area contributed by atoms with Gasteiger partial charge in [-0.25, -0.2) is 0 Å². The third kappa shape index (κ3) is 7.21. The monoisotopic (exact) mass is 715 g/mol. The number of allylic oxidation sites excluding steroid dienone is 1. The molecule has 4 aromatic rings. The molecule has 0 unspecified atom stereocenters. The van der Waals surface area contributed by atoms with Crippen molar-refractivity contribution in [2.45, 2.75) is 51.2 Å². The van der Waals surface area contributed by atoms with Gasteiger partial charge in [0.25, 0.3) is 8.32 Å². The fourth-order valence-corrected chi connectivity index (χ4v) is 13.0. The van der Waals surface area contributed by atoms with Gasteiger partial charge in [0.05, 0.1) is 31.2 Å². The molecule has 1 heterocycles. The van der Waals surface area contributed by atoms with Crippen LogP contribution in [0.1, 0.15) is 51.2 Å². The lowest BCUT2D eigenvalue weighted by atomic mass is 9.68. The van der Waals surface area contributed by atoms with E-state index in [1.54, 1.807) is 18.2 Å². The first-order valence-corrected chi connectivity index (χ1v) is 20.0.